The zero-order valence-electron chi connectivity index (χ0n) is 18.2. The highest BCUT2D eigenvalue weighted by Gasteiger charge is 2.27. The van der Waals surface area contributed by atoms with Crippen molar-refractivity contribution in [3.05, 3.63) is 88.9 Å². The van der Waals surface area contributed by atoms with E-state index in [1.807, 2.05) is 26.0 Å². The highest BCUT2D eigenvalue weighted by molar-refractivity contribution is 9.10. The van der Waals surface area contributed by atoms with E-state index in [0.717, 1.165) is 20.1 Å². The number of nitrogens with zero attached hydrogens (tertiary/aromatic N) is 2. The summed E-state index contributed by atoms with van der Waals surface area (Å²) < 4.78 is 33.9. The fraction of sp³-hybridized carbons (Fsp3) is 0.167. The van der Waals surface area contributed by atoms with Crippen molar-refractivity contribution in [2.45, 2.75) is 24.8 Å². The van der Waals surface area contributed by atoms with E-state index in [-0.39, 0.29) is 11.0 Å². The lowest BCUT2D eigenvalue weighted by atomic mass is 10.2. The molecule has 0 radical (unpaired) electrons. The van der Waals surface area contributed by atoms with E-state index < -0.39 is 22.5 Å². The standard InChI is InChI=1S/C24H24BrN3O4S/c1-18(2)32-22-14-8-19(9-15-22)16-26-27-24(29)17-28(21-12-10-20(25)11-13-21)33(30,31)23-6-4-3-5-7-23/h3-16,18H,17H2,1-2H3,(H,27,29)/b26-16-. The first-order valence-electron chi connectivity index (χ1n) is 10.2. The molecule has 0 aliphatic heterocycles. The molecule has 0 spiro atoms. The van der Waals surface area contributed by atoms with Gasteiger partial charge in [-0.15, -0.1) is 0 Å². The summed E-state index contributed by atoms with van der Waals surface area (Å²) >= 11 is 3.34. The molecule has 33 heavy (non-hydrogen) atoms. The summed E-state index contributed by atoms with van der Waals surface area (Å²) in [5, 5.41) is 3.95. The maximum atomic E-state index is 13.2. The van der Waals surface area contributed by atoms with Crippen LogP contribution in [0.2, 0.25) is 0 Å². The smallest absolute Gasteiger partial charge is 0.264 e. The van der Waals surface area contributed by atoms with Crippen LogP contribution >= 0.6 is 15.9 Å². The lowest BCUT2D eigenvalue weighted by molar-refractivity contribution is -0.119. The Morgan fingerprint density at radius 3 is 2.27 bits per heavy atom. The van der Waals surface area contributed by atoms with Crippen molar-refractivity contribution in [2.24, 2.45) is 5.10 Å². The molecule has 9 heteroatoms. The molecule has 3 rings (SSSR count). The molecule has 0 fully saturated rings. The SMILES string of the molecule is CC(C)Oc1ccc(/C=N\NC(=O)CN(c2ccc(Br)cc2)S(=O)(=O)c2ccccc2)cc1. The van der Waals surface area contributed by atoms with E-state index in [2.05, 4.69) is 26.5 Å². The number of benzene rings is 3. The van der Waals surface area contributed by atoms with Crippen LogP contribution in [0, 0.1) is 0 Å². The molecule has 1 N–H and O–H groups in total. The van der Waals surface area contributed by atoms with Crippen molar-refractivity contribution in [2.75, 3.05) is 10.8 Å². The number of carbonyl (C=O) groups is 1. The molecule has 0 saturated heterocycles. The van der Waals surface area contributed by atoms with Crippen LogP contribution < -0.4 is 14.5 Å². The van der Waals surface area contributed by atoms with Crippen LogP contribution in [0.15, 0.2) is 93.3 Å². The van der Waals surface area contributed by atoms with Crippen molar-refractivity contribution in [3.8, 4) is 5.75 Å². The summed E-state index contributed by atoms with van der Waals surface area (Å²) in [7, 11) is -3.96. The van der Waals surface area contributed by atoms with Crippen molar-refractivity contribution in [1.29, 1.82) is 0 Å². The normalized spacial score (nSPS) is 11.5. The van der Waals surface area contributed by atoms with Gasteiger partial charge in [0.1, 0.15) is 12.3 Å². The Hall–Kier alpha value is -3.17. The Morgan fingerprint density at radius 1 is 1.03 bits per heavy atom. The quantitative estimate of drug-likeness (QED) is 0.324. The topological polar surface area (TPSA) is 88.1 Å². The molecule has 0 bridgehead atoms. The van der Waals surface area contributed by atoms with E-state index in [4.69, 9.17) is 4.74 Å². The van der Waals surface area contributed by atoms with Gasteiger partial charge in [0.25, 0.3) is 15.9 Å². The van der Waals surface area contributed by atoms with Crippen LogP contribution in [-0.4, -0.2) is 33.2 Å². The second-order valence-electron chi connectivity index (χ2n) is 7.33. The van der Waals surface area contributed by atoms with Crippen molar-refractivity contribution in [1.82, 2.24) is 5.43 Å². The van der Waals surface area contributed by atoms with Crippen molar-refractivity contribution >= 4 is 43.8 Å². The Morgan fingerprint density at radius 2 is 1.67 bits per heavy atom. The third-order valence-corrected chi connectivity index (χ3v) is 6.70. The molecule has 0 atom stereocenters. The fourth-order valence-electron chi connectivity index (χ4n) is 2.89. The van der Waals surface area contributed by atoms with Gasteiger partial charge in [0.2, 0.25) is 0 Å². The number of nitrogens with one attached hydrogen (secondary N) is 1. The summed E-state index contributed by atoms with van der Waals surface area (Å²) in [6.45, 7) is 3.46. The molecule has 0 aliphatic rings. The highest BCUT2D eigenvalue weighted by atomic mass is 79.9. The molecule has 0 aromatic heterocycles. The van der Waals surface area contributed by atoms with Crippen LogP contribution in [0.3, 0.4) is 0 Å². The number of hydrogen-bond donors (Lipinski definition) is 1. The second kappa shape index (κ2) is 11.1. The molecular formula is C24H24BrN3O4S. The van der Waals surface area contributed by atoms with Crippen LogP contribution in [0.25, 0.3) is 0 Å². The molecule has 0 heterocycles. The van der Waals surface area contributed by atoms with Gasteiger partial charge in [-0.25, -0.2) is 13.8 Å². The summed E-state index contributed by atoms with van der Waals surface area (Å²) in [4.78, 5) is 12.7. The average molecular weight is 530 g/mol. The molecular weight excluding hydrogens is 506 g/mol. The molecule has 0 unspecified atom stereocenters. The van der Waals surface area contributed by atoms with Gasteiger partial charge in [0.05, 0.1) is 22.9 Å². The van der Waals surface area contributed by atoms with Crippen molar-refractivity contribution < 1.29 is 17.9 Å². The minimum atomic E-state index is -3.96. The number of carbonyl (C=O) groups excluding carboxylic acids is 1. The average Bonchev–Trinajstić information content (AvgIpc) is 2.79. The molecule has 7 nitrogen and oxygen atoms in total. The van der Waals surface area contributed by atoms with Crippen LogP contribution in [0.4, 0.5) is 5.69 Å². The number of rotatable bonds is 9. The molecule has 3 aromatic rings. The number of halogens is 1. The fourth-order valence-corrected chi connectivity index (χ4v) is 4.60. The van der Waals surface area contributed by atoms with E-state index in [9.17, 15) is 13.2 Å². The first-order valence-corrected chi connectivity index (χ1v) is 12.4. The second-order valence-corrected chi connectivity index (χ2v) is 10.1. The molecule has 0 aliphatic carbocycles. The monoisotopic (exact) mass is 529 g/mol. The lowest BCUT2D eigenvalue weighted by Crippen LogP contribution is -2.39. The third-order valence-electron chi connectivity index (χ3n) is 4.39. The van der Waals surface area contributed by atoms with Crippen LogP contribution in [0.1, 0.15) is 19.4 Å². The van der Waals surface area contributed by atoms with Gasteiger partial charge in [0.15, 0.2) is 0 Å². The molecule has 3 aromatic carbocycles. The Balaban J connectivity index is 1.74. The Bertz CT molecular complexity index is 1200. The van der Waals surface area contributed by atoms with Crippen molar-refractivity contribution in [3.63, 3.8) is 0 Å². The number of sulfonamides is 1. The van der Waals surface area contributed by atoms with E-state index in [1.165, 1.54) is 18.3 Å². The number of amides is 1. The number of ether oxygens (including phenoxy) is 1. The van der Waals surface area contributed by atoms with E-state index in [1.54, 1.807) is 54.6 Å². The number of hydrazone groups is 1. The maximum absolute atomic E-state index is 13.2. The summed E-state index contributed by atoms with van der Waals surface area (Å²) in [5.74, 6) is 0.163. The van der Waals surface area contributed by atoms with E-state index >= 15 is 0 Å². The maximum Gasteiger partial charge on any atom is 0.264 e. The van der Waals surface area contributed by atoms with Gasteiger partial charge in [-0.3, -0.25) is 9.10 Å². The number of anilines is 1. The van der Waals surface area contributed by atoms with Crippen LogP contribution in [0.5, 0.6) is 5.75 Å². The minimum Gasteiger partial charge on any atom is -0.491 e. The third kappa shape index (κ3) is 6.90. The van der Waals surface area contributed by atoms with E-state index in [0.29, 0.717) is 5.69 Å². The minimum absolute atomic E-state index is 0.0737. The first-order chi connectivity index (χ1) is 15.8. The first kappa shape index (κ1) is 24.5. The molecule has 0 saturated carbocycles. The molecule has 172 valence electrons. The predicted octanol–water partition coefficient (Wildman–Crippen LogP) is 4.58. The Kier molecular flexibility index (Phi) is 8.24. The summed E-state index contributed by atoms with van der Waals surface area (Å²) in [6, 6.07) is 21.9. The zero-order chi connectivity index (χ0) is 23.8. The molecule has 1 amide bonds. The van der Waals surface area contributed by atoms with Crippen LogP contribution in [-0.2, 0) is 14.8 Å². The highest BCUT2D eigenvalue weighted by Crippen LogP contribution is 2.25. The predicted molar refractivity (Wildman–Crippen MR) is 133 cm³/mol. The van der Waals surface area contributed by atoms with Gasteiger partial charge >= 0.3 is 0 Å². The van der Waals surface area contributed by atoms with Gasteiger partial charge in [-0.05, 0) is 80.1 Å². The number of hydrogen-bond acceptors (Lipinski definition) is 5. The summed E-state index contributed by atoms with van der Waals surface area (Å²) in [5.41, 5.74) is 3.52. The lowest BCUT2D eigenvalue weighted by Gasteiger charge is -2.23. The summed E-state index contributed by atoms with van der Waals surface area (Å²) in [6.07, 6.45) is 1.55. The van der Waals surface area contributed by atoms with Gasteiger partial charge in [0, 0.05) is 4.47 Å². The van der Waals surface area contributed by atoms with Gasteiger partial charge in [-0.1, -0.05) is 34.1 Å². The Labute approximate surface area is 202 Å². The zero-order valence-corrected chi connectivity index (χ0v) is 20.6. The van der Waals surface area contributed by atoms with Gasteiger partial charge in [-0.2, -0.15) is 5.10 Å². The van der Waals surface area contributed by atoms with Gasteiger partial charge < -0.3 is 4.74 Å². The largest absolute Gasteiger partial charge is 0.491 e.